The van der Waals surface area contributed by atoms with Gasteiger partial charge in [0.15, 0.2) is 5.82 Å². The monoisotopic (exact) mass is 502 g/mol. The van der Waals surface area contributed by atoms with Gasteiger partial charge in [-0.3, -0.25) is 4.79 Å². The highest BCUT2D eigenvalue weighted by molar-refractivity contribution is 9.10. The van der Waals surface area contributed by atoms with E-state index in [9.17, 15) is 10.1 Å². The number of amides is 1. The van der Waals surface area contributed by atoms with Crippen molar-refractivity contribution in [3.8, 4) is 17.5 Å². The summed E-state index contributed by atoms with van der Waals surface area (Å²) in [6.45, 7) is 0. The van der Waals surface area contributed by atoms with Crippen LogP contribution in [0.25, 0.3) is 11.4 Å². The topological polar surface area (TPSA) is 110 Å². The summed E-state index contributed by atoms with van der Waals surface area (Å²) in [5, 5.41) is 21.9. The van der Waals surface area contributed by atoms with Crippen molar-refractivity contribution in [2.75, 3.05) is 16.9 Å². The zero-order valence-corrected chi connectivity index (χ0v) is 19.2. The molecule has 0 aliphatic heterocycles. The van der Waals surface area contributed by atoms with E-state index in [0.717, 1.165) is 41.3 Å². The number of hydrogen-bond acceptors (Lipinski definition) is 7. The number of nitrogens with zero attached hydrogens (tertiary/aromatic N) is 4. The Morgan fingerprint density at radius 3 is 2.83 bits per heavy atom. The molecule has 2 aromatic heterocycles. The third-order valence-corrected chi connectivity index (χ3v) is 7.54. The second kappa shape index (κ2) is 9.20. The van der Waals surface area contributed by atoms with E-state index in [1.54, 1.807) is 0 Å². The molecule has 3 N–H and O–H groups in total. The number of benzene rings is 1. The fourth-order valence-electron chi connectivity index (χ4n) is 3.37. The second-order valence-electron chi connectivity index (χ2n) is 6.86. The summed E-state index contributed by atoms with van der Waals surface area (Å²) in [4.78, 5) is 13.7. The van der Waals surface area contributed by atoms with Gasteiger partial charge in [-0.05, 0) is 43.4 Å². The van der Waals surface area contributed by atoms with Crippen LogP contribution in [-0.2, 0) is 17.6 Å². The van der Waals surface area contributed by atoms with Crippen LogP contribution < -0.4 is 11.2 Å². The van der Waals surface area contributed by atoms with E-state index in [2.05, 4.69) is 37.5 Å². The molecule has 0 fully saturated rings. The lowest BCUT2D eigenvalue weighted by Crippen LogP contribution is -2.14. The highest BCUT2D eigenvalue weighted by Gasteiger charge is 2.22. The van der Waals surface area contributed by atoms with Gasteiger partial charge < -0.3 is 11.2 Å². The molecule has 1 aliphatic rings. The van der Waals surface area contributed by atoms with Gasteiger partial charge in [-0.25, -0.2) is 4.68 Å². The molecule has 0 radical (unpaired) electrons. The quantitative estimate of drug-likeness (QED) is 0.382. The maximum atomic E-state index is 12.4. The van der Waals surface area contributed by atoms with Crippen LogP contribution in [0.4, 0.5) is 5.00 Å². The van der Waals surface area contributed by atoms with Gasteiger partial charge in [0.1, 0.15) is 11.1 Å². The maximum absolute atomic E-state index is 12.4. The van der Waals surface area contributed by atoms with Gasteiger partial charge >= 0.3 is 0 Å². The molecule has 1 aliphatic carbocycles. The average Bonchev–Trinajstić information content (AvgIpc) is 3.28. The summed E-state index contributed by atoms with van der Waals surface area (Å²) in [7, 11) is 0. The zero-order valence-electron chi connectivity index (χ0n) is 16.0. The number of nitriles is 1. The second-order valence-corrected chi connectivity index (χ2v) is 9.94. The first-order valence-electron chi connectivity index (χ1n) is 9.50. The predicted molar refractivity (Wildman–Crippen MR) is 123 cm³/mol. The minimum atomic E-state index is -0.117. The van der Waals surface area contributed by atoms with E-state index in [-0.39, 0.29) is 5.91 Å². The van der Waals surface area contributed by atoms with Crippen molar-refractivity contribution in [1.29, 1.82) is 5.26 Å². The molecule has 0 bridgehead atoms. The van der Waals surface area contributed by atoms with Gasteiger partial charge in [0, 0.05) is 27.1 Å². The molecule has 0 atom stereocenters. The number of carbonyl (C=O) groups is 1. The molecule has 0 saturated carbocycles. The molecule has 154 valence electrons. The third-order valence-electron chi connectivity index (χ3n) is 4.86. The highest BCUT2D eigenvalue weighted by atomic mass is 79.9. The number of hydrogen-bond donors (Lipinski definition) is 2. The van der Waals surface area contributed by atoms with E-state index in [1.807, 2.05) is 24.3 Å². The highest BCUT2D eigenvalue weighted by Crippen LogP contribution is 2.37. The molecular formula is C20H19BrN6OS2. The van der Waals surface area contributed by atoms with Gasteiger partial charge in [0.25, 0.3) is 0 Å². The molecule has 4 rings (SSSR count). The number of thiophene rings is 1. The maximum Gasteiger partial charge on any atom is 0.225 e. The van der Waals surface area contributed by atoms with Crippen molar-refractivity contribution in [2.24, 2.45) is 0 Å². The number of nitrogen functional groups attached to an aromatic ring is 1. The number of thioether (sulfide) groups is 1. The molecule has 1 aromatic carbocycles. The number of rotatable bonds is 6. The molecule has 0 spiro atoms. The van der Waals surface area contributed by atoms with Crippen LogP contribution in [0, 0.1) is 11.3 Å². The van der Waals surface area contributed by atoms with Gasteiger partial charge in [0.2, 0.25) is 11.1 Å². The Labute approximate surface area is 190 Å². The molecular weight excluding hydrogens is 484 g/mol. The van der Waals surface area contributed by atoms with Crippen LogP contribution in [0.2, 0.25) is 0 Å². The van der Waals surface area contributed by atoms with Crippen LogP contribution in [-0.4, -0.2) is 26.5 Å². The predicted octanol–water partition coefficient (Wildman–Crippen LogP) is 4.35. The summed E-state index contributed by atoms with van der Waals surface area (Å²) in [6, 6.07) is 9.92. The number of nitrogens with one attached hydrogen (secondary N) is 1. The van der Waals surface area contributed by atoms with Crippen LogP contribution in [0.3, 0.4) is 0 Å². The van der Waals surface area contributed by atoms with Crippen molar-refractivity contribution in [3.05, 3.63) is 44.7 Å². The Morgan fingerprint density at radius 1 is 1.30 bits per heavy atom. The van der Waals surface area contributed by atoms with E-state index < -0.39 is 0 Å². The van der Waals surface area contributed by atoms with Crippen molar-refractivity contribution < 1.29 is 4.79 Å². The number of carbonyl (C=O) groups excluding carboxylic acids is 1. The summed E-state index contributed by atoms with van der Waals surface area (Å²) < 4.78 is 2.41. The van der Waals surface area contributed by atoms with E-state index in [1.165, 1.54) is 32.7 Å². The minimum absolute atomic E-state index is 0.117. The van der Waals surface area contributed by atoms with Gasteiger partial charge in [0.05, 0.1) is 5.56 Å². The minimum Gasteiger partial charge on any atom is -0.335 e. The lowest BCUT2D eigenvalue weighted by Gasteiger charge is -2.09. The van der Waals surface area contributed by atoms with Crippen LogP contribution in [0.5, 0.6) is 0 Å². The Hall–Kier alpha value is -2.35. The number of fused-ring (bicyclic) bond motifs is 1. The number of nitrogens with two attached hydrogens (primary N) is 1. The Morgan fingerprint density at radius 2 is 2.07 bits per heavy atom. The van der Waals surface area contributed by atoms with E-state index in [0.29, 0.717) is 33.7 Å². The first-order valence-corrected chi connectivity index (χ1v) is 12.1. The number of aryl methyl sites for hydroxylation is 1. The number of anilines is 1. The molecule has 0 unspecified atom stereocenters. The molecule has 0 saturated heterocycles. The van der Waals surface area contributed by atoms with Gasteiger partial charge in [-0.1, -0.05) is 39.8 Å². The SMILES string of the molecule is N#Cc1c(NC(=O)CCSc2nnc(-c3ccc(Br)cc3)n2N)sc2c1CCCC2. The summed E-state index contributed by atoms with van der Waals surface area (Å²) in [5.74, 6) is 7.09. The first-order chi connectivity index (χ1) is 14.6. The molecule has 2 heterocycles. The Kier molecular flexibility index (Phi) is 6.41. The number of aromatic nitrogens is 3. The lowest BCUT2D eigenvalue weighted by atomic mass is 9.96. The fourth-order valence-corrected chi connectivity index (χ4v) is 5.68. The third kappa shape index (κ3) is 4.38. The first kappa shape index (κ1) is 20.9. The standard InChI is InChI=1S/C20H19BrN6OS2/c21-13-7-5-12(6-8-13)18-25-26-20(27(18)23)29-10-9-17(28)24-19-15(11-22)14-3-1-2-4-16(14)30-19/h5-8H,1-4,9-10,23H2,(H,24,28). The molecule has 10 heteroatoms. The van der Waals surface area contributed by atoms with Crippen LogP contribution >= 0.6 is 39.0 Å². The van der Waals surface area contributed by atoms with Crippen molar-refractivity contribution >= 4 is 49.9 Å². The molecule has 1 amide bonds. The molecule has 30 heavy (non-hydrogen) atoms. The zero-order chi connectivity index (χ0) is 21.1. The Bertz CT molecular complexity index is 1120. The summed E-state index contributed by atoms with van der Waals surface area (Å²) >= 11 is 6.32. The Balaban J connectivity index is 1.35. The van der Waals surface area contributed by atoms with E-state index >= 15 is 0 Å². The molecule has 3 aromatic rings. The fraction of sp³-hybridized carbons (Fsp3) is 0.300. The van der Waals surface area contributed by atoms with Crippen molar-refractivity contribution in [1.82, 2.24) is 14.9 Å². The summed E-state index contributed by atoms with van der Waals surface area (Å²) in [5.41, 5.74) is 2.62. The smallest absolute Gasteiger partial charge is 0.225 e. The van der Waals surface area contributed by atoms with Gasteiger partial charge in [-0.15, -0.1) is 21.5 Å². The van der Waals surface area contributed by atoms with Gasteiger partial charge in [-0.2, -0.15) is 5.26 Å². The average molecular weight is 503 g/mol. The van der Waals surface area contributed by atoms with Crippen LogP contribution in [0.1, 0.15) is 35.3 Å². The number of halogens is 1. The van der Waals surface area contributed by atoms with Crippen LogP contribution in [0.15, 0.2) is 33.9 Å². The van der Waals surface area contributed by atoms with E-state index in [4.69, 9.17) is 5.84 Å². The van der Waals surface area contributed by atoms with Crippen molar-refractivity contribution in [3.63, 3.8) is 0 Å². The normalized spacial score (nSPS) is 12.9. The largest absolute Gasteiger partial charge is 0.335 e. The molecule has 7 nitrogen and oxygen atoms in total. The lowest BCUT2D eigenvalue weighted by molar-refractivity contribution is -0.115. The van der Waals surface area contributed by atoms with Crippen molar-refractivity contribution in [2.45, 2.75) is 37.3 Å². The summed E-state index contributed by atoms with van der Waals surface area (Å²) in [6.07, 6.45) is 4.45.